The van der Waals surface area contributed by atoms with Crippen LogP contribution >= 0.6 is 11.6 Å². The van der Waals surface area contributed by atoms with Gasteiger partial charge in [-0.15, -0.1) is 0 Å². The third-order valence-electron chi connectivity index (χ3n) is 2.64. The first kappa shape index (κ1) is 14.2. The molecule has 0 spiro atoms. The molecule has 2 aromatic carbocycles. The van der Waals surface area contributed by atoms with Crippen LogP contribution in [0.1, 0.15) is 5.56 Å². The number of halogens is 1. The number of carbonyl (C=O) groups excluding carboxylic acids is 1. The molecule has 0 saturated heterocycles. The van der Waals surface area contributed by atoms with Crippen LogP contribution in [-0.2, 0) is 0 Å². The average molecular weight is 291 g/mol. The lowest BCUT2D eigenvalue weighted by Gasteiger charge is -2.10. The van der Waals surface area contributed by atoms with E-state index in [0.717, 1.165) is 5.56 Å². The van der Waals surface area contributed by atoms with Gasteiger partial charge < -0.3 is 15.4 Å². The summed E-state index contributed by atoms with van der Waals surface area (Å²) in [4.78, 5) is 11.7. The summed E-state index contributed by atoms with van der Waals surface area (Å²) in [6, 6.07) is 14.3. The van der Waals surface area contributed by atoms with Gasteiger partial charge >= 0.3 is 6.03 Å². The van der Waals surface area contributed by atoms with E-state index in [4.69, 9.17) is 16.3 Å². The molecule has 2 aromatic rings. The van der Waals surface area contributed by atoms with Crippen molar-refractivity contribution in [1.29, 1.82) is 0 Å². The van der Waals surface area contributed by atoms with E-state index in [0.29, 0.717) is 16.5 Å². The highest BCUT2D eigenvalue weighted by molar-refractivity contribution is 6.31. The van der Waals surface area contributed by atoms with Gasteiger partial charge in [0.1, 0.15) is 5.75 Å². The number of benzene rings is 2. The Hall–Kier alpha value is -2.20. The highest BCUT2D eigenvalue weighted by atomic mass is 35.5. The largest absolute Gasteiger partial charge is 0.473 e. The number of anilines is 1. The van der Waals surface area contributed by atoms with Crippen LogP contribution in [0.5, 0.6) is 5.75 Å². The van der Waals surface area contributed by atoms with Gasteiger partial charge in [0.2, 0.25) is 0 Å². The number of hydrogen-bond donors (Lipinski definition) is 2. The van der Waals surface area contributed by atoms with Crippen molar-refractivity contribution in [3.63, 3.8) is 0 Å². The van der Waals surface area contributed by atoms with Gasteiger partial charge in [0.25, 0.3) is 0 Å². The highest BCUT2D eigenvalue weighted by Crippen LogP contribution is 2.19. The number of carbonyl (C=O) groups is 1. The van der Waals surface area contributed by atoms with Crippen molar-refractivity contribution < 1.29 is 9.53 Å². The average Bonchev–Trinajstić information content (AvgIpc) is 2.44. The fourth-order valence-corrected chi connectivity index (χ4v) is 1.73. The van der Waals surface area contributed by atoms with Crippen LogP contribution in [0, 0.1) is 6.92 Å². The fourth-order valence-electron chi connectivity index (χ4n) is 1.55. The molecule has 2 N–H and O–H groups in total. The van der Waals surface area contributed by atoms with Crippen molar-refractivity contribution in [2.45, 2.75) is 6.92 Å². The van der Waals surface area contributed by atoms with E-state index < -0.39 is 0 Å². The van der Waals surface area contributed by atoms with Gasteiger partial charge in [-0.2, -0.15) is 0 Å². The Morgan fingerprint density at radius 1 is 1.20 bits per heavy atom. The molecule has 0 aliphatic rings. The number of urea groups is 1. The minimum Gasteiger partial charge on any atom is -0.473 e. The van der Waals surface area contributed by atoms with Gasteiger partial charge in [-0.05, 0) is 36.8 Å². The maximum Gasteiger partial charge on any atom is 0.321 e. The molecule has 104 valence electrons. The van der Waals surface area contributed by atoms with Gasteiger partial charge in [-0.25, -0.2) is 4.79 Å². The summed E-state index contributed by atoms with van der Waals surface area (Å²) >= 11 is 5.99. The maximum absolute atomic E-state index is 11.7. The monoisotopic (exact) mass is 290 g/mol. The number of hydrogen-bond acceptors (Lipinski definition) is 2. The van der Waals surface area contributed by atoms with Gasteiger partial charge in [-0.1, -0.05) is 35.9 Å². The lowest BCUT2D eigenvalue weighted by molar-refractivity contribution is 0.234. The Balaban J connectivity index is 1.79. The zero-order chi connectivity index (χ0) is 14.4. The third kappa shape index (κ3) is 4.17. The number of nitrogens with one attached hydrogen (secondary N) is 2. The Bertz CT molecular complexity index is 588. The predicted molar refractivity (Wildman–Crippen MR) is 80.3 cm³/mol. The molecule has 0 fully saturated rings. The van der Waals surface area contributed by atoms with Gasteiger partial charge in [0.05, 0.1) is 0 Å². The van der Waals surface area contributed by atoms with Crippen molar-refractivity contribution in [2.24, 2.45) is 0 Å². The molecule has 0 radical (unpaired) electrons. The van der Waals surface area contributed by atoms with Crippen molar-refractivity contribution in [1.82, 2.24) is 5.32 Å². The fraction of sp³-hybridized carbons (Fsp3) is 0.133. The number of ether oxygens (including phenoxy) is 1. The van der Waals surface area contributed by atoms with Crippen molar-refractivity contribution in [3.05, 3.63) is 59.1 Å². The van der Waals surface area contributed by atoms with Crippen LogP contribution in [0.2, 0.25) is 5.02 Å². The van der Waals surface area contributed by atoms with Crippen LogP contribution in [-0.4, -0.2) is 12.8 Å². The molecule has 2 rings (SSSR count). The first-order valence-corrected chi connectivity index (χ1v) is 6.52. The second-order valence-electron chi connectivity index (χ2n) is 4.20. The number of rotatable bonds is 4. The summed E-state index contributed by atoms with van der Waals surface area (Å²) in [5, 5.41) is 5.89. The molecular weight excluding hydrogens is 276 g/mol. The molecular formula is C15H15ClN2O2. The second kappa shape index (κ2) is 6.82. The predicted octanol–water partition coefficient (Wildman–Crippen LogP) is 3.81. The molecule has 0 bridgehead atoms. The minimum absolute atomic E-state index is 0.0927. The molecule has 4 nitrogen and oxygen atoms in total. The molecule has 20 heavy (non-hydrogen) atoms. The smallest absolute Gasteiger partial charge is 0.321 e. The van der Waals surface area contributed by atoms with Gasteiger partial charge in [0, 0.05) is 10.7 Å². The van der Waals surface area contributed by atoms with Crippen LogP contribution in [0.15, 0.2) is 48.5 Å². The minimum atomic E-state index is -0.346. The van der Waals surface area contributed by atoms with E-state index in [-0.39, 0.29) is 12.8 Å². The third-order valence-corrected chi connectivity index (χ3v) is 3.05. The molecule has 0 aromatic heterocycles. The van der Waals surface area contributed by atoms with Crippen molar-refractivity contribution in [2.75, 3.05) is 12.0 Å². The van der Waals surface area contributed by atoms with E-state index in [1.165, 1.54) is 0 Å². The quantitative estimate of drug-likeness (QED) is 0.841. The Kier molecular flexibility index (Phi) is 4.85. The lowest BCUT2D eigenvalue weighted by atomic mass is 10.2. The molecule has 2 amide bonds. The van der Waals surface area contributed by atoms with Crippen LogP contribution in [0.4, 0.5) is 10.5 Å². The normalized spacial score (nSPS) is 9.90. The zero-order valence-corrected chi connectivity index (χ0v) is 11.8. The maximum atomic E-state index is 11.7. The summed E-state index contributed by atoms with van der Waals surface area (Å²) in [5.74, 6) is 0.700. The number of aryl methyl sites for hydroxylation is 1. The van der Waals surface area contributed by atoms with E-state index in [1.807, 2.05) is 43.3 Å². The summed E-state index contributed by atoms with van der Waals surface area (Å²) in [6.07, 6.45) is 0. The van der Waals surface area contributed by atoms with E-state index in [2.05, 4.69) is 10.6 Å². The van der Waals surface area contributed by atoms with Crippen molar-refractivity contribution in [3.8, 4) is 5.75 Å². The SMILES string of the molecule is Cc1ccc(NC(=O)NCOc2ccccc2)cc1Cl. The molecule has 0 unspecified atom stereocenters. The van der Waals surface area contributed by atoms with Crippen molar-refractivity contribution >= 4 is 23.3 Å². The van der Waals surface area contributed by atoms with E-state index >= 15 is 0 Å². The summed E-state index contributed by atoms with van der Waals surface area (Å²) in [6.45, 7) is 2.00. The molecule has 5 heteroatoms. The first-order chi connectivity index (χ1) is 9.65. The summed E-state index contributed by atoms with van der Waals surface area (Å²) in [7, 11) is 0. The summed E-state index contributed by atoms with van der Waals surface area (Å²) < 4.78 is 5.36. The molecule has 0 heterocycles. The van der Waals surface area contributed by atoms with Gasteiger partial charge in [-0.3, -0.25) is 0 Å². The van der Waals surface area contributed by atoms with Crippen LogP contribution in [0.25, 0.3) is 0 Å². The molecule has 0 aliphatic carbocycles. The lowest BCUT2D eigenvalue weighted by Crippen LogP contribution is -2.32. The van der Waals surface area contributed by atoms with Crippen LogP contribution < -0.4 is 15.4 Å². The standard InChI is InChI=1S/C15H15ClN2O2/c1-11-7-8-12(9-14(11)16)18-15(19)17-10-20-13-5-3-2-4-6-13/h2-9H,10H2,1H3,(H2,17,18,19). The van der Waals surface area contributed by atoms with Gasteiger partial charge in [0.15, 0.2) is 6.73 Å². The first-order valence-electron chi connectivity index (χ1n) is 6.14. The Labute approximate surface area is 122 Å². The van der Waals surface area contributed by atoms with Crippen LogP contribution in [0.3, 0.4) is 0 Å². The highest BCUT2D eigenvalue weighted by Gasteiger charge is 2.03. The second-order valence-corrected chi connectivity index (χ2v) is 4.60. The summed E-state index contributed by atoms with van der Waals surface area (Å²) in [5.41, 5.74) is 1.60. The molecule has 0 saturated carbocycles. The number of para-hydroxylation sites is 1. The Morgan fingerprint density at radius 3 is 2.65 bits per heavy atom. The molecule has 0 atom stereocenters. The topological polar surface area (TPSA) is 50.4 Å². The van der Waals surface area contributed by atoms with E-state index in [9.17, 15) is 4.79 Å². The van der Waals surface area contributed by atoms with E-state index in [1.54, 1.807) is 12.1 Å². The number of amides is 2. The molecule has 0 aliphatic heterocycles. The zero-order valence-electron chi connectivity index (χ0n) is 11.0. The Morgan fingerprint density at radius 2 is 1.95 bits per heavy atom.